The largest absolute Gasteiger partial charge is 0.489 e. The zero-order chi connectivity index (χ0) is 11.8. The first-order valence-corrected chi connectivity index (χ1v) is 5.96. The van der Waals surface area contributed by atoms with Crippen molar-refractivity contribution in [1.82, 2.24) is 0 Å². The molecule has 0 bridgehead atoms. The maximum absolute atomic E-state index is 10.8. The number of halogens is 1. The quantitative estimate of drug-likeness (QED) is 0.439. The smallest absolute Gasteiger partial charge is 0.172 e. The van der Waals surface area contributed by atoms with Crippen LogP contribution in [0.1, 0.15) is 10.4 Å². The predicted octanol–water partition coefficient (Wildman–Crippen LogP) is 2.84. The standard InChI is InChI=1S/C12H13BrO3/c1-2-7-16-12-10(9-14)4-3-5-11(12)15-8-6-13/h2-5,9H,1,6-8H2. The molecule has 0 unspecified atom stereocenters. The van der Waals surface area contributed by atoms with Gasteiger partial charge in [-0.15, -0.1) is 0 Å². The summed E-state index contributed by atoms with van der Waals surface area (Å²) >= 11 is 3.27. The van der Waals surface area contributed by atoms with Gasteiger partial charge in [-0.05, 0) is 12.1 Å². The van der Waals surface area contributed by atoms with Crippen LogP contribution in [-0.4, -0.2) is 24.8 Å². The molecule has 1 aromatic rings. The summed E-state index contributed by atoms with van der Waals surface area (Å²) in [5.41, 5.74) is 0.480. The SMILES string of the molecule is C=CCOc1c(C=O)cccc1OCCBr. The summed E-state index contributed by atoms with van der Waals surface area (Å²) in [5.74, 6) is 1.05. The molecule has 0 spiro atoms. The molecule has 1 aromatic carbocycles. The average Bonchev–Trinajstić information content (AvgIpc) is 2.33. The Morgan fingerprint density at radius 1 is 1.38 bits per heavy atom. The number of carbonyl (C=O) groups is 1. The van der Waals surface area contributed by atoms with Crippen molar-refractivity contribution in [2.75, 3.05) is 18.5 Å². The normalized spacial score (nSPS) is 9.56. The van der Waals surface area contributed by atoms with E-state index in [9.17, 15) is 4.79 Å². The first-order valence-electron chi connectivity index (χ1n) is 4.84. The monoisotopic (exact) mass is 284 g/mol. The molecule has 0 saturated heterocycles. The fourth-order valence-corrected chi connectivity index (χ4v) is 1.35. The van der Waals surface area contributed by atoms with Gasteiger partial charge in [-0.2, -0.15) is 0 Å². The molecular formula is C12H13BrO3. The van der Waals surface area contributed by atoms with Crippen molar-refractivity contribution in [3.05, 3.63) is 36.4 Å². The predicted molar refractivity (Wildman–Crippen MR) is 66.8 cm³/mol. The first kappa shape index (κ1) is 12.8. The van der Waals surface area contributed by atoms with E-state index in [0.717, 1.165) is 11.6 Å². The minimum atomic E-state index is 0.343. The van der Waals surface area contributed by atoms with E-state index in [4.69, 9.17) is 9.47 Å². The fraction of sp³-hybridized carbons (Fsp3) is 0.250. The number of hydrogen-bond acceptors (Lipinski definition) is 3. The second-order valence-corrected chi connectivity index (χ2v) is 3.72. The molecule has 3 nitrogen and oxygen atoms in total. The Bertz CT molecular complexity index is 363. The molecule has 0 aliphatic carbocycles. The van der Waals surface area contributed by atoms with Crippen LogP contribution < -0.4 is 9.47 Å². The molecule has 0 aromatic heterocycles. The van der Waals surface area contributed by atoms with Crippen molar-refractivity contribution in [1.29, 1.82) is 0 Å². The Hall–Kier alpha value is -1.29. The second kappa shape index (κ2) is 7.06. The molecule has 0 aliphatic rings. The van der Waals surface area contributed by atoms with Gasteiger partial charge in [0.15, 0.2) is 17.8 Å². The molecule has 0 amide bonds. The van der Waals surface area contributed by atoms with E-state index in [1.165, 1.54) is 0 Å². The van der Waals surface area contributed by atoms with E-state index < -0.39 is 0 Å². The third-order valence-electron chi connectivity index (χ3n) is 1.82. The minimum Gasteiger partial charge on any atom is -0.489 e. The van der Waals surface area contributed by atoms with Crippen molar-refractivity contribution >= 4 is 22.2 Å². The summed E-state index contributed by atoms with van der Waals surface area (Å²) in [7, 11) is 0. The Kier molecular flexibility index (Phi) is 5.64. The van der Waals surface area contributed by atoms with Crippen molar-refractivity contribution in [2.24, 2.45) is 0 Å². The lowest BCUT2D eigenvalue weighted by atomic mass is 10.2. The van der Waals surface area contributed by atoms with Gasteiger partial charge in [-0.1, -0.05) is 34.7 Å². The van der Waals surface area contributed by atoms with Crippen LogP contribution in [0.3, 0.4) is 0 Å². The van der Waals surface area contributed by atoms with Crippen LogP contribution in [0.2, 0.25) is 0 Å². The molecule has 16 heavy (non-hydrogen) atoms. The Balaban J connectivity index is 2.94. The lowest BCUT2D eigenvalue weighted by Gasteiger charge is -2.12. The number of carbonyl (C=O) groups excluding carboxylic acids is 1. The van der Waals surface area contributed by atoms with Crippen LogP contribution in [0.5, 0.6) is 11.5 Å². The van der Waals surface area contributed by atoms with Gasteiger partial charge in [0.05, 0.1) is 12.2 Å². The second-order valence-electron chi connectivity index (χ2n) is 2.93. The number of para-hydroxylation sites is 1. The highest BCUT2D eigenvalue weighted by atomic mass is 79.9. The van der Waals surface area contributed by atoms with E-state index in [-0.39, 0.29) is 0 Å². The van der Waals surface area contributed by atoms with Crippen LogP contribution in [0, 0.1) is 0 Å². The summed E-state index contributed by atoms with van der Waals surface area (Å²) in [6.45, 7) is 4.42. The molecule has 0 atom stereocenters. The Labute approximate surface area is 103 Å². The zero-order valence-electron chi connectivity index (χ0n) is 8.82. The minimum absolute atomic E-state index is 0.343. The van der Waals surface area contributed by atoms with Crippen LogP contribution in [0.15, 0.2) is 30.9 Å². The number of aldehydes is 1. The lowest BCUT2D eigenvalue weighted by molar-refractivity contribution is 0.111. The van der Waals surface area contributed by atoms with Crippen LogP contribution in [0.25, 0.3) is 0 Å². The van der Waals surface area contributed by atoms with Crippen molar-refractivity contribution in [3.8, 4) is 11.5 Å². The Morgan fingerprint density at radius 3 is 2.81 bits per heavy atom. The number of ether oxygens (including phenoxy) is 2. The third kappa shape index (κ3) is 3.38. The van der Waals surface area contributed by atoms with E-state index in [0.29, 0.717) is 30.3 Å². The van der Waals surface area contributed by atoms with Crippen LogP contribution in [0.4, 0.5) is 0 Å². The highest BCUT2D eigenvalue weighted by Gasteiger charge is 2.09. The molecule has 0 fully saturated rings. The molecule has 4 heteroatoms. The molecule has 0 aliphatic heterocycles. The highest BCUT2D eigenvalue weighted by molar-refractivity contribution is 9.09. The topological polar surface area (TPSA) is 35.5 Å². The molecule has 1 rings (SSSR count). The van der Waals surface area contributed by atoms with Crippen molar-refractivity contribution in [2.45, 2.75) is 0 Å². The summed E-state index contributed by atoms with van der Waals surface area (Å²) in [4.78, 5) is 10.8. The summed E-state index contributed by atoms with van der Waals surface area (Å²) < 4.78 is 10.9. The number of rotatable bonds is 7. The molecule has 0 radical (unpaired) electrons. The van der Waals surface area contributed by atoms with E-state index in [2.05, 4.69) is 22.5 Å². The molecular weight excluding hydrogens is 272 g/mol. The summed E-state index contributed by atoms with van der Waals surface area (Å²) in [5, 5.41) is 0.721. The van der Waals surface area contributed by atoms with Gasteiger partial charge in [0.1, 0.15) is 6.61 Å². The maximum atomic E-state index is 10.8. The number of benzene rings is 1. The Morgan fingerprint density at radius 2 is 2.19 bits per heavy atom. The molecule has 0 N–H and O–H groups in total. The highest BCUT2D eigenvalue weighted by Crippen LogP contribution is 2.30. The van der Waals surface area contributed by atoms with Crippen molar-refractivity contribution in [3.63, 3.8) is 0 Å². The van der Waals surface area contributed by atoms with Crippen LogP contribution >= 0.6 is 15.9 Å². The number of alkyl halides is 1. The van der Waals surface area contributed by atoms with E-state index in [1.807, 2.05) is 0 Å². The van der Waals surface area contributed by atoms with E-state index >= 15 is 0 Å². The van der Waals surface area contributed by atoms with Gasteiger partial charge in [0, 0.05) is 5.33 Å². The van der Waals surface area contributed by atoms with Gasteiger partial charge in [0.2, 0.25) is 0 Å². The maximum Gasteiger partial charge on any atom is 0.172 e. The fourth-order valence-electron chi connectivity index (χ4n) is 1.18. The average molecular weight is 285 g/mol. The van der Waals surface area contributed by atoms with Gasteiger partial charge in [-0.25, -0.2) is 0 Å². The molecule has 0 saturated carbocycles. The summed E-state index contributed by atoms with van der Waals surface area (Å²) in [6, 6.07) is 5.22. The summed E-state index contributed by atoms with van der Waals surface area (Å²) in [6.07, 6.45) is 2.37. The third-order valence-corrected chi connectivity index (χ3v) is 2.14. The van der Waals surface area contributed by atoms with E-state index in [1.54, 1.807) is 24.3 Å². The molecule has 86 valence electrons. The van der Waals surface area contributed by atoms with Gasteiger partial charge >= 0.3 is 0 Å². The molecule has 0 heterocycles. The lowest BCUT2D eigenvalue weighted by Crippen LogP contribution is -2.03. The van der Waals surface area contributed by atoms with Crippen molar-refractivity contribution < 1.29 is 14.3 Å². The van der Waals surface area contributed by atoms with Gasteiger partial charge in [0.25, 0.3) is 0 Å². The van der Waals surface area contributed by atoms with Gasteiger partial charge < -0.3 is 9.47 Å². The first-order chi connectivity index (χ1) is 7.83. The number of hydrogen-bond donors (Lipinski definition) is 0. The zero-order valence-corrected chi connectivity index (χ0v) is 10.4. The van der Waals surface area contributed by atoms with Crippen LogP contribution in [-0.2, 0) is 0 Å². The van der Waals surface area contributed by atoms with Gasteiger partial charge in [-0.3, -0.25) is 4.79 Å².